The Morgan fingerprint density at radius 3 is 2.30 bits per heavy atom. The minimum atomic E-state index is 0.657. The van der Waals surface area contributed by atoms with Crippen LogP contribution in [0.2, 0.25) is 0 Å². The molecule has 0 saturated carbocycles. The zero-order valence-electron chi connectivity index (χ0n) is 7.65. The first kappa shape index (κ1) is 9.92. The van der Waals surface area contributed by atoms with Crippen LogP contribution in [0.3, 0.4) is 0 Å². The first-order valence-electron chi connectivity index (χ1n) is 4.20. The summed E-state index contributed by atoms with van der Waals surface area (Å²) in [5.74, 6) is 0. The molecular weight excluding hydrogens is 124 g/mol. The summed E-state index contributed by atoms with van der Waals surface area (Å²) in [4.78, 5) is 0. The Morgan fingerprint density at radius 2 is 2.00 bits per heavy atom. The molecule has 2 heteroatoms. The molecule has 1 unspecified atom stereocenters. The molecule has 0 bridgehead atoms. The lowest BCUT2D eigenvalue weighted by Gasteiger charge is -2.26. The van der Waals surface area contributed by atoms with Gasteiger partial charge in [0.15, 0.2) is 0 Å². The van der Waals surface area contributed by atoms with E-state index in [2.05, 4.69) is 31.2 Å². The molecule has 1 N–H and O–H groups in total. The van der Waals surface area contributed by atoms with Crippen molar-refractivity contribution in [3.05, 3.63) is 0 Å². The van der Waals surface area contributed by atoms with E-state index in [4.69, 9.17) is 0 Å². The Hall–Kier alpha value is -0.0800. The van der Waals surface area contributed by atoms with E-state index in [1.807, 2.05) is 7.05 Å². The van der Waals surface area contributed by atoms with Gasteiger partial charge in [0.05, 0.1) is 0 Å². The molecule has 0 rings (SSSR count). The van der Waals surface area contributed by atoms with E-state index < -0.39 is 0 Å². The van der Waals surface area contributed by atoms with Gasteiger partial charge in [0, 0.05) is 12.6 Å². The summed E-state index contributed by atoms with van der Waals surface area (Å²) >= 11 is 0. The second kappa shape index (κ2) is 5.69. The molecule has 0 saturated heterocycles. The highest BCUT2D eigenvalue weighted by Gasteiger charge is 2.06. The van der Waals surface area contributed by atoms with Gasteiger partial charge in [-0.2, -0.15) is 0 Å². The molecule has 0 aromatic rings. The number of nitrogens with zero attached hydrogens (tertiary/aromatic N) is 1. The molecule has 1 atom stereocenters. The summed E-state index contributed by atoms with van der Waals surface area (Å²) in [5, 5.41) is 2.28. The normalized spacial score (nSPS) is 14.1. The molecule has 0 aromatic carbocycles. The van der Waals surface area contributed by atoms with E-state index >= 15 is 0 Å². The molecule has 0 aliphatic heterocycles. The fraction of sp³-hybridized carbons (Fsp3) is 1.00. The van der Waals surface area contributed by atoms with Crippen molar-refractivity contribution in [3.8, 4) is 0 Å². The van der Waals surface area contributed by atoms with Crippen molar-refractivity contribution >= 4 is 0 Å². The highest BCUT2D eigenvalue weighted by Crippen LogP contribution is 1.99. The Balaban J connectivity index is 3.56. The lowest BCUT2D eigenvalue weighted by molar-refractivity contribution is 0.146. The van der Waals surface area contributed by atoms with Gasteiger partial charge < -0.3 is 0 Å². The van der Waals surface area contributed by atoms with Crippen LogP contribution in [-0.4, -0.2) is 24.6 Å². The number of hydrogen-bond donors (Lipinski definition) is 1. The van der Waals surface area contributed by atoms with Crippen LogP contribution in [0.15, 0.2) is 0 Å². The first-order valence-corrected chi connectivity index (χ1v) is 4.20. The molecule has 0 fully saturated rings. The molecule has 0 radical (unpaired) electrons. The van der Waals surface area contributed by atoms with Gasteiger partial charge in [-0.1, -0.05) is 13.8 Å². The van der Waals surface area contributed by atoms with E-state index in [1.54, 1.807) is 0 Å². The maximum Gasteiger partial charge on any atom is 0.0212 e. The summed E-state index contributed by atoms with van der Waals surface area (Å²) in [6, 6.07) is 0.657. The van der Waals surface area contributed by atoms with E-state index in [1.165, 1.54) is 12.8 Å². The number of nitrogens with one attached hydrogen (secondary N) is 1. The van der Waals surface area contributed by atoms with Crippen LogP contribution < -0.4 is 5.43 Å². The Labute approximate surface area is 64.6 Å². The third-order valence-corrected chi connectivity index (χ3v) is 1.87. The predicted octanol–water partition coefficient (Wildman–Crippen LogP) is 1.63. The minimum Gasteiger partial charge on any atom is -0.258 e. The second-order valence-electron chi connectivity index (χ2n) is 2.67. The lowest BCUT2D eigenvalue weighted by Crippen LogP contribution is -2.42. The van der Waals surface area contributed by atoms with Crippen molar-refractivity contribution in [3.63, 3.8) is 0 Å². The summed E-state index contributed by atoms with van der Waals surface area (Å²) < 4.78 is 0. The van der Waals surface area contributed by atoms with Gasteiger partial charge in [0.1, 0.15) is 0 Å². The van der Waals surface area contributed by atoms with Crippen LogP contribution in [0, 0.1) is 0 Å². The number of hydrogen-bond acceptors (Lipinski definition) is 2. The monoisotopic (exact) mass is 144 g/mol. The van der Waals surface area contributed by atoms with E-state index in [0.29, 0.717) is 6.04 Å². The largest absolute Gasteiger partial charge is 0.258 e. The number of hydrazine groups is 1. The Bertz CT molecular complexity index is 73.7. The van der Waals surface area contributed by atoms with Gasteiger partial charge in [-0.05, 0) is 26.8 Å². The van der Waals surface area contributed by atoms with Gasteiger partial charge in [0.2, 0.25) is 0 Å². The maximum atomic E-state index is 3.19. The summed E-state index contributed by atoms with van der Waals surface area (Å²) in [6.07, 6.45) is 2.42. The molecule has 2 nitrogen and oxygen atoms in total. The van der Waals surface area contributed by atoms with Crippen molar-refractivity contribution in [2.45, 2.75) is 39.7 Å². The van der Waals surface area contributed by atoms with Gasteiger partial charge in [-0.25, -0.2) is 5.01 Å². The number of rotatable bonds is 5. The van der Waals surface area contributed by atoms with Crippen molar-refractivity contribution in [1.29, 1.82) is 0 Å². The Kier molecular flexibility index (Phi) is 5.64. The molecular formula is C8H20N2. The van der Waals surface area contributed by atoms with Gasteiger partial charge in [0.25, 0.3) is 0 Å². The van der Waals surface area contributed by atoms with Crippen LogP contribution in [0.4, 0.5) is 0 Å². The summed E-state index contributed by atoms with van der Waals surface area (Å²) in [5.41, 5.74) is 3.19. The SMILES string of the molecule is CCCN(NC)C(C)CC. The molecule has 10 heavy (non-hydrogen) atoms. The minimum absolute atomic E-state index is 0.657. The van der Waals surface area contributed by atoms with Crippen molar-refractivity contribution in [1.82, 2.24) is 10.4 Å². The highest BCUT2D eigenvalue weighted by molar-refractivity contribution is 4.58. The lowest BCUT2D eigenvalue weighted by atomic mass is 10.2. The fourth-order valence-electron chi connectivity index (χ4n) is 1.01. The van der Waals surface area contributed by atoms with Gasteiger partial charge in [-0.15, -0.1) is 0 Å². The van der Waals surface area contributed by atoms with E-state index in [9.17, 15) is 0 Å². The predicted molar refractivity (Wildman–Crippen MR) is 45.8 cm³/mol. The van der Waals surface area contributed by atoms with Crippen molar-refractivity contribution < 1.29 is 0 Å². The maximum absolute atomic E-state index is 3.19. The van der Waals surface area contributed by atoms with Gasteiger partial charge >= 0.3 is 0 Å². The average molecular weight is 144 g/mol. The molecule has 0 aromatic heterocycles. The van der Waals surface area contributed by atoms with E-state index in [-0.39, 0.29) is 0 Å². The highest BCUT2D eigenvalue weighted by atomic mass is 15.5. The molecule has 0 heterocycles. The van der Waals surface area contributed by atoms with Crippen LogP contribution in [0.5, 0.6) is 0 Å². The smallest absolute Gasteiger partial charge is 0.0212 e. The van der Waals surface area contributed by atoms with E-state index in [0.717, 1.165) is 6.54 Å². The van der Waals surface area contributed by atoms with Crippen molar-refractivity contribution in [2.75, 3.05) is 13.6 Å². The van der Waals surface area contributed by atoms with Crippen LogP contribution in [-0.2, 0) is 0 Å². The van der Waals surface area contributed by atoms with Crippen LogP contribution in [0.1, 0.15) is 33.6 Å². The quantitative estimate of drug-likeness (QED) is 0.590. The second-order valence-corrected chi connectivity index (χ2v) is 2.67. The van der Waals surface area contributed by atoms with Crippen LogP contribution >= 0.6 is 0 Å². The molecule has 0 aliphatic rings. The molecule has 0 aliphatic carbocycles. The summed E-state index contributed by atoms with van der Waals surface area (Å²) in [6.45, 7) is 7.80. The Morgan fingerprint density at radius 1 is 1.40 bits per heavy atom. The summed E-state index contributed by atoms with van der Waals surface area (Å²) in [7, 11) is 1.99. The zero-order valence-corrected chi connectivity index (χ0v) is 7.65. The molecule has 0 spiro atoms. The zero-order chi connectivity index (χ0) is 7.98. The first-order chi connectivity index (χ1) is 4.76. The third-order valence-electron chi connectivity index (χ3n) is 1.87. The van der Waals surface area contributed by atoms with Gasteiger partial charge in [-0.3, -0.25) is 5.43 Å². The fourth-order valence-corrected chi connectivity index (χ4v) is 1.01. The molecule has 0 amide bonds. The topological polar surface area (TPSA) is 15.3 Å². The average Bonchev–Trinajstić information content (AvgIpc) is 1.99. The van der Waals surface area contributed by atoms with Crippen molar-refractivity contribution in [2.24, 2.45) is 0 Å². The molecule has 62 valence electrons. The van der Waals surface area contributed by atoms with Crippen LogP contribution in [0.25, 0.3) is 0 Å². The standard InChI is InChI=1S/C8H20N2/c1-5-7-10(9-4)8(3)6-2/h8-9H,5-7H2,1-4H3. The third kappa shape index (κ3) is 3.18.